The van der Waals surface area contributed by atoms with Crippen LogP contribution >= 0.6 is 0 Å². The predicted octanol–water partition coefficient (Wildman–Crippen LogP) is 2.18. The summed E-state index contributed by atoms with van der Waals surface area (Å²) in [5.41, 5.74) is 1.88. The number of rotatable bonds is 7. The Hall–Kier alpha value is -2.22. The SMILES string of the molecule is C[C@H](C(=O)N(C)Cc1ccccc1)N1CCN(S(=O)(=O)Cc2ccccc2)CC1. The smallest absolute Gasteiger partial charge is 0.239 e. The highest BCUT2D eigenvalue weighted by molar-refractivity contribution is 7.88. The number of hydrogen-bond donors (Lipinski definition) is 0. The van der Waals surface area contributed by atoms with Gasteiger partial charge in [-0.25, -0.2) is 8.42 Å². The molecule has 29 heavy (non-hydrogen) atoms. The van der Waals surface area contributed by atoms with E-state index in [0.29, 0.717) is 32.7 Å². The van der Waals surface area contributed by atoms with E-state index in [4.69, 9.17) is 0 Å². The third-order valence-electron chi connectivity index (χ3n) is 5.40. The predicted molar refractivity (Wildman–Crippen MR) is 115 cm³/mol. The summed E-state index contributed by atoms with van der Waals surface area (Å²) >= 11 is 0. The van der Waals surface area contributed by atoms with Gasteiger partial charge in [-0.2, -0.15) is 4.31 Å². The third-order valence-corrected chi connectivity index (χ3v) is 7.25. The van der Waals surface area contributed by atoms with Gasteiger partial charge in [-0.15, -0.1) is 0 Å². The third kappa shape index (κ3) is 5.65. The fraction of sp³-hybridized carbons (Fsp3) is 0.409. The molecular weight excluding hydrogens is 386 g/mol. The van der Waals surface area contributed by atoms with E-state index in [9.17, 15) is 13.2 Å². The molecule has 0 spiro atoms. The summed E-state index contributed by atoms with van der Waals surface area (Å²) in [5.74, 6) is 0.0664. The Morgan fingerprint density at radius 3 is 2.00 bits per heavy atom. The quantitative estimate of drug-likeness (QED) is 0.696. The molecule has 3 rings (SSSR count). The number of benzene rings is 2. The van der Waals surface area contributed by atoms with Gasteiger partial charge >= 0.3 is 0 Å². The highest BCUT2D eigenvalue weighted by Gasteiger charge is 2.31. The molecule has 0 aromatic heterocycles. The van der Waals surface area contributed by atoms with E-state index in [1.165, 1.54) is 0 Å². The van der Waals surface area contributed by atoms with Crippen molar-refractivity contribution in [3.63, 3.8) is 0 Å². The highest BCUT2D eigenvalue weighted by atomic mass is 32.2. The maximum Gasteiger partial charge on any atom is 0.239 e. The minimum absolute atomic E-state index is 0.0160. The van der Waals surface area contributed by atoms with Gasteiger partial charge in [0.2, 0.25) is 15.9 Å². The van der Waals surface area contributed by atoms with Crippen molar-refractivity contribution in [2.75, 3.05) is 33.2 Å². The number of carbonyl (C=O) groups is 1. The second-order valence-electron chi connectivity index (χ2n) is 7.53. The molecule has 0 unspecified atom stereocenters. The molecule has 2 aromatic carbocycles. The summed E-state index contributed by atoms with van der Waals surface area (Å²) in [7, 11) is -1.54. The molecule has 0 N–H and O–H groups in total. The first kappa shape index (κ1) is 21.5. The lowest BCUT2D eigenvalue weighted by Gasteiger charge is -2.38. The molecule has 1 atom stereocenters. The number of piperazine rings is 1. The van der Waals surface area contributed by atoms with Gasteiger partial charge in [0.15, 0.2) is 0 Å². The van der Waals surface area contributed by atoms with Crippen molar-refractivity contribution >= 4 is 15.9 Å². The molecule has 1 amide bonds. The largest absolute Gasteiger partial charge is 0.340 e. The number of nitrogens with zero attached hydrogens (tertiary/aromatic N) is 3. The standard InChI is InChI=1S/C22H29N3O3S/c1-19(22(26)23(2)17-20-9-5-3-6-10-20)24-13-15-25(16-14-24)29(27,28)18-21-11-7-4-8-12-21/h3-12,19H,13-18H2,1-2H3/t19-/m1/s1. The fourth-order valence-corrected chi connectivity index (χ4v) is 5.17. The van der Waals surface area contributed by atoms with Gasteiger partial charge in [0.05, 0.1) is 11.8 Å². The Morgan fingerprint density at radius 2 is 1.45 bits per heavy atom. The van der Waals surface area contributed by atoms with E-state index < -0.39 is 10.0 Å². The Bertz CT molecular complexity index is 895. The van der Waals surface area contributed by atoms with Crippen LogP contribution in [-0.4, -0.2) is 67.7 Å². The van der Waals surface area contributed by atoms with Crippen LogP contribution in [0.5, 0.6) is 0 Å². The van der Waals surface area contributed by atoms with Gasteiger partial charge in [-0.3, -0.25) is 9.69 Å². The second kappa shape index (κ2) is 9.52. The Balaban J connectivity index is 1.53. The first-order valence-electron chi connectivity index (χ1n) is 9.91. The van der Waals surface area contributed by atoms with Crippen LogP contribution in [0.15, 0.2) is 60.7 Å². The van der Waals surface area contributed by atoms with Crippen LogP contribution in [0, 0.1) is 0 Å². The van der Waals surface area contributed by atoms with Crippen molar-refractivity contribution < 1.29 is 13.2 Å². The van der Waals surface area contributed by atoms with E-state index >= 15 is 0 Å². The molecule has 1 aliphatic heterocycles. The lowest BCUT2D eigenvalue weighted by Crippen LogP contribution is -2.55. The molecule has 1 saturated heterocycles. The van der Waals surface area contributed by atoms with E-state index in [1.807, 2.05) is 74.6 Å². The molecule has 1 aliphatic rings. The van der Waals surface area contributed by atoms with Crippen molar-refractivity contribution in [1.29, 1.82) is 0 Å². The molecule has 6 nitrogen and oxygen atoms in total. The minimum atomic E-state index is -3.35. The zero-order valence-corrected chi connectivity index (χ0v) is 17.9. The molecule has 2 aromatic rings. The zero-order valence-electron chi connectivity index (χ0n) is 17.1. The normalized spacial score (nSPS) is 17.0. The van der Waals surface area contributed by atoms with Gasteiger partial charge in [-0.05, 0) is 18.1 Å². The van der Waals surface area contributed by atoms with Crippen molar-refractivity contribution in [3.05, 3.63) is 71.8 Å². The van der Waals surface area contributed by atoms with Crippen LogP contribution in [0.4, 0.5) is 0 Å². The van der Waals surface area contributed by atoms with E-state index in [1.54, 1.807) is 9.21 Å². The average Bonchev–Trinajstić information content (AvgIpc) is 2.74. The summed E-state index contributed by atoms with van der Waals surface area (Å²) < 4.78 is 27.0. The van der Waals surface area contributed by atoms with E-state index in [0.717, 1.165) is 11.1 Å². The number of sulfonamides is 1. The molecule has 0 saturated carbocycles. The molecule has 0 radical (unpaired) electrons. The van der Waals surface area contributed by atoms with Crippen molar-refractivity contribution in [2.24, 2.45) is 0 Å². The Kier molecular flexibility index (Phi) is 7.05. The van der Waals surface area contributed by atoms with E-state index in [-0.39, 0.29) is 17.7 Å². The average molecular weight is 416 g/mol. The van der Waals surface area contributed by atoms with Gasteiger partial charge in [-0.1, -0.05) is 60.7 Å². The van der Waals surface area contributed by atoms with Gasteiger partial charge in [0, 0.05) is 39.8 Å². The maximum absolute atomic E-state index is 12.8. The van der Waals surface area contributed by atoms with Crippen molar-refractivity contribution in [1.82, 2.24) is 14.1 Å². The van der Waals surface area contributed by atoms with Crippen LogP contribution in [0.1, 0.15) is 18.1 Å². The number of hydrogen-bond acceptors (Lipinski definition) is 4. The summed E-state index contributed by atoms with van der Waals surface area (Å²) in [6, 6.07) is 18.9. The first-order valence-corrected chi connectivity index (χ1v) is 11.5. The van der Waals surface area contributed by atoms with Crippen molar-refractivity contribution in [3.8, 4) is 0 Å². The maximum atomic E-state index is 12.8. The monoisotopic (exact) mass is 415 g/mol. The molecule has 0 bridgehead atoms. The van der Waals surface area contributed by atoms with Crippen LogP contribution in [0.2, 0.25) is 0 Å². The molecule has 1 heterocycles. The number of likely N-dealkylation sites (N-methyl/N-ethyl adjacent to an activating group) is 1. The van der Waals surface area contributed by atoms with Crippen molar-refractivity contribution in [2.45, 2.75) is 25.3 Å². The fourth-order valence-electron chi connectivity index (χ4n) is 3.66. The second-order valence-corrected chi connectivity index (χ2v) is 9.50. The van der Waals surface area contributed by atoms with Crippen LogP contribution in [-0.2, 0) is 27.1 Å². The van der Waals surface area contributed by atoms with Gasteiger partial charge in [0.25, 0.3) is 0 Å². The summed E-state index contributed by atoms with van der Waals surface area (Å²) in [6.45, 7) is 4.40. The minimum Gasteiger partial charge on any atom is -0.340 e. The summed E-state index contributed by atoms with van der Waals surface area (Å²) in [6.07, 6.45) is 0. The van der Waals surface area contributed by atoms with Crippen LogP contribution in [0.25, 0.3) is 0 Å². The highest BCUT2D eigenvalue weighted by Crippen LogP contribution is 2.16. The van der Waals surface area contributed by atoms with Crippen LogP contribution < -0.4 is 0 Å². The van der Waals surface area contributed by atoms with Crippen LogP contribution in [0.3, 0.4) is 0 Å². The molecule has 1 fully saturated rings. The van der Waals surface area contributed by atoms with E-state index in [2.05, 4.69) is 4.90 Å². The lowest BCUT2D eigenvalue weighted by molar-refractivity contribution is -0.136. The molecule has 156 valence electrons. The summed E-state index contributed by atoms with van der Waals surface area (Å²) in [5, 5.41) is 0. The first-order chi connectivity index (χ1) is 13.9. The molecule has 0 aliphatic carbocycles. The van der Waals surface area contributed by atoms with Gasteiger partial charge in [0.1, 0.15) is 0 Å². The molecule has 7 heteroatoms. The number of amides is 1. The summed E-state index contributed by atoms with van der Waals surface area (Å²) in [4.78, 5) is 16.6. The lowest BCUT2D eigenvalue weighted by atomic mass is 10.2. The zero-order chi connectivity index (χ0) is 20.9. The Labute approximate surface area is 173 Å². The van der Waals surface area contributed by atoms with Gasteiger partial charge < -0.3 is 4.90 Å². The Morgan fingerprint density at radius 1 is 0.931 bits per heavy atom. The number of carbonyl (C=O) groups excluding carboxylic acids is 1. The topological polar surface area (TPSA) is 60.9 Å². The molecular formula is C22H29N3O3S.